The van der Waals surface area contributed by atoms with Crippen LogP contribution < -0.4 is 4.74 Å². The molecule has 34 heavy (non-hydrogen) atoms. The summed E-state index contributed by atoms with van der Waals surface area (Å²) in [5.74, 6) is -2.66. The van der Waals surface area contributed by atoms with E-state index < -0.39 is 11.9 Å². The predicted molar refractivity (Wildman–Crippen MR) is 133 cm³/mol. The molecular formula is C27H30N2O5. The van der Waals surface area contributed by atoms with Crippen LogP contribution in [0.5, 0.6) is 5.75 Å². The van der Waals surface area contributed by atoms with Crippen molar-refractivity contribution in [1.29, 1.82) is 0 Å². The molecule has 0 atom stereocenters. The number of methoxy groups -OCH3 is 1. The van der Waals surface area contributed by atoms with Crippen molar-refractivity contribution in [3.05, 3.63) is 83.9 Å². The van der Waals surface area contributed by atoms with E-state index in [0.717, 1.165) is 45.0 Å². The van der Waals surface area contributed by atoms with Crippen molar-refractivity contribution in [3.63, 3.8) is 0 Å². The minimum Gasteiger partial charge on any atom is -0.496 e. The Morgan fingerprint density at radius 2 is 1.47 bits per heavy atom. The van der Waals surface area contributed by atoms with Crippen molar-refractivity contribution in [2.45, 2.75) is 6.54 Å². The van der Waals surface area contributed by atoms with Gasteiger partial charge in [-0.1, -0.05) is 72.8 Å². The third-order valence-corrected chi connectivity index (χ3v) is 5.72. The molecule has 0 aromatic heterocycles. The Morgan fingerprint density at radius 1 is 0.853 bits per heavy atom. The SMILES string of the molecule is COc1ccc2ccccc2c1CN1CCN(CC=Cc2ccccc2)CC1.O=C(O)C(=O)O. The average molecular weight is 463 g/mol. The van der Waals surface area contributed by atoms with Crippen LogP contribution in [0.15, 0.2) is 72.8 Å². The fourth-order valence-electron chi connectivity index (χ4n) is 3.93. The van der Waals surface area contributed by atoms with Crippen molar-refractivity contribution in [2.75, 3.05) is 39.8 Å². The number of piperazine rings is 1. The quantitative estimate of drug-likeness (QED) is 0.538. The Balaban J connectivity index is 0.000000481. The summed E-state index contributed by atoms with van der Waals surface area (Å²) >= 11 is 0. The summed E-state index contributed by atoms with van der Waals surface area (Å²) in [6.07, 6.45) is 4.49. The van der Waals surface area contributed by atoms with Gasteiger partial charge in [-0.05, 0) is 22.4 Å². The van der Waals surface area contributed by atoms with Crippen molar-refractivity contribution in [3.8, 4) is 5.75 Å². The molecule has 3 aromatic rings. The zero-order valence-electron chi connectivity index (χ0n) is 19.3. The second-order valence-electron chi connectivity index (χ2n) is 7.97. The number of hydrogen-bond acceptors (Lipinski definition) is 5. The largest absolute Gasteiger partial charge is 0.496 e. The lowest BCUT2D eigenvalue weighted by Gasteiger charge is -2.34. The Hall–Kier alpha value is -3.68. The zero-order valence-corrected chi connectivity index (χ0v) is 19.3. The predicted octanol–water partition coefficient (Wildman–Crippen LogP) is 3.84. The second kappa shape index (κ2) is 12.5. The molecule has 0 spiro atoms. The molecule has 7 nitrogen and oxygen atoms in total. The highest BCUT2D eigenvalue weighted by molar-refractivity contribution is 6.27. The highest BCUT2D eigenvalue weighted by Crippen LogP contribution is 2.29. The molecule has 7 heteroatoms. The van der Waals surface area contributed by atoms with E-state index in [9.17, 15) is 0 Å². The number of carbonyl (C=O) groups is 2. The first-order chi connectivity index (χ1) is 16.5. The highest BCUT2D eigenvalue weighted by Gasteiger charge is 2.18. The average Bonchev–Trinajstić information content (AvgIpc) is 2.86. The summed E-state index contributed by atoms with van der Waals surface area (Å²) in [5.41, 5.74) is 2.57. The van der Waals surface area contributed by atoms with Gasteiger partial charge in [0.15, 0.2) is 0 Å². The summed E-state index contributed by atoms with van der Waals surface area (Å²) in [6.45, 7) is 6.34. The Bertz CT molecular complexity index is 1110. The third kappa shape index (κ3) is 7.16. The van der Waals surface area contributed by atoms with Crippen molar-refractivity contribution < 1.29 is 24.5 Å². The maximum absolute atomic E-state index is 9.10. The molecule has 1 aliphatic rings. The van der Waals surface area contributed by atoms with Gasteiger partial charge in [-0.3, -0.25) is 9.80 Å². The monoisotopic (exact) mass is 462 g/mol. The lowest BCUT2D eigenvalue weighted by Crippen LogP contribution is -2.45. The van der Waals surface area contributed by atoms with Gasteiger partial charge < -0.3 is 14.9 Å². The Kier molecular flexibility index (Phi) is 9.20. The fraction of sp³-hybridized carbons (Fsp3) is 0.259. The van der Waals surface area contributed by atoms with Crippen LogP contribution in [0, 0.1) is 0 Å². The van der Waals surface area contributed by atoms with Crippen LogP contribution in [-0.2, 0) is 16.1 Å². The molecule has 1 fully saturated rings. The van der Waals surface area contributed by atoms with E-state index in [0.29, 0.717) is 0 Å². The molecule has 1 saturated heterocycles. The van der Waals surface area contributed by atoms with Gasteiger partial charge >= 0.3 is 11.9 Å². The maximum Gasteiger partial charge on any atom is 0.414 e. The first-order valence-corrected chi connectivity index (χ1v) is 11.1. The fourth-order valence-corrected chi connectivity index (χ4v) is 3.93. The standard InChI is InChI=1S/C25H28N2O.C2H2O4/c1-28-25-14-13-22-11-5-6-12-23(22)24(25)20-27-18-16-26(17-19-27)15-7-10-21-8-3-2-4-9-21;3-1(4)2(5)6/h2-14H,15-20H2,1H3;(H,3,4)(H,5,6). The third-order valence-electron chi connectivity index (χ3n) is 5.72. The van der Waals surface area contributed by atoms with Crippen LogP contribution in [0.1, 0.15) is 11.1 Å². The molecule has 0 radical (unpaired) electrons. The van der Waals surface area contributed by atoms with E-state index in [1.165, 1.54) is 21.9 Å². The van der Waals surface area contributed by atoms with Crippen LogP contribution in [0.3, 0.4) is 0 Å². The van der Waals surface area contributed by atoms with Gasteiger partial charge in [0.25, 0.3) is 0 Å². The molecule has 4 rings (SSSR count). The first-order valence-electron chi connectivity index (χ1n) is 11.1. The van der Waals surface area contributed by atoms with Crippen LogP contribution in [0.4, 0.5) is 0 Å². The van der Waals surface area contributed by atoms with Gasteiger partial charge in [-0.2, -0.15) is 0 Å². The molecule has 0 saturated carbocycles. The molecule has 1 aliphatic heterocycles. The number of aliphatic carboxylic acids is 2. The summed E-state index contributed by atoms with van der Waals surface area (Å²) in [7, 11) is 1.77. The lowest BCUT2D eigenvalue weighted by atomic mass is 10.0. The van der Waals surface area contributed by atoms with Gasteiger partial charge in [-0.25, -0.2) is 9.59 Å². The summed E-state index contributed by atoms with van der Waals surface area (Å²) < 4.78 is 5.67. The Morgan fingerprint density at radius 3 is 2.12 bits per heavy atom. The normalized spacial score (nSPS) is 14.5. The van der Waals surface area contributed by atoms with E-state index in [4.69, 9.17) is 24.5 Å². The van der Waals surface area contributed by atoms with E-state index in [1.807, 2.05) is 0 Å². The van der Waals surface area contributed by atoms with Crippen molar-refractivity contribution >= 4 is 28.8 Å². The number of nitrogens with zero attached hydrogens (tertiary/aromatic N) is 2. The summed E-state index contributed by atoms with van der Waals surface area (Å²) in [5, 5.41) is 17.4. The highest BCUT2D eigenvalue weighted by atomic mass is 16.5. The van der Waals surface area contributed by atoms with Crippen LogP contribution >= 0.6 is 0 Å². The van der Waals surface area contributed by atoms with Gasteiger partial charge in [0.05, 0.1) is 7.11 Å². The zero-order chi connectivity index (χ0) is 24.3. The topological polar surface area (TPSA) is 90.3 Å². The van der Waals surface area contributed by atoms with Crippen molar-refractivity contribution in [1.82, 2.24) is 9.80 Å². The first kappa shape index (κ1) is 25.0. The lowest BCUT2D eigenvalue weighted by molar-refractivity contribution is -0.159. The molecule has 2 N–H and O–H groups in total. The smallest absolute Gasteiger partial charge is 0.414 e. The maximum atomic E-state index is 9.10. The van der Waals surface area contributed by atoms with Crippen LogP contribution in [0.25, 0.3) is 16.8 Å². The van der Waals surface area contributed by atoms with Crippen LogP contribution in [0.2, 0.25) is 0 Å². The van der Waals surface area contributed by atoms with Crippen molar-refractivity contribution in [2.24, 2.45) is 0 Å². The Labute approximate surface area is 199 Å². The van der Waals surface area contributed by atoms with E-state index in [-0.39, 0.29) is 0 Å². The number of benzene rings is 3. The minimum absolute atomic E-state index is 0.943. The second-order valence-corrected chi connectivity index (χ2v) is 7.97. The number of hydrogen-bond donors (Lipinski definition) is 2. The van der Waals surface area contributed by atoms with E-state index >= 15 is 0 Å². The summed E-state index contributed by atoms with van der Waals surface area (Å²) in [6, 6.07) is 23.4. The minimum atomic E-state index is -1.82. The summed E-state index contributed by atoms with van der Waals surface area (Å²) in [4.78, 5) is 23.3. The van der Waals surface area contributed by atoms with Gasteiger partial charge in [0.1, 0.15) is 5.75 Å². The molecule has 178 valence electrons. The molecular weight excluding hydrogens is 432 g/mol. The van der Waals surface area contributed by atoms with Gasteiger partial charge in [-0.15, -0.1) is 0 Å². The number of fused-ring (bicyclic) bond motifs is 1. The number of carboxylic acid groups (broad SMARTS) is 2. The number of ether oxygens (including phenoxy) is 1. The molecule has 0 unspecified atom stereocenters. The molecule has 3 aromatic carbocycles. The van der Waals surface area contributed by atoms with Crippen LogP contribution in [-0.4, -0.2) is 71.8 Å². The molecule has 0 amide bonds. The molecule has 0 aliphatic carbocycles. The van der Waals surface area contributed by atoms with Gasteiger partial charge in [0.2, 0.25) is 0 Å². The van der Waals surface area contributed by atoms with Gasteiger partial charge in [0, 0.05) is 44.8 Å². The number of rotatable bonds is 6. The number of carboxylic acids is 2. The van der Waals surface area contributed by atoms with E-state index in [2.05, 4.69) is 88.7 Å². The molecule has 1 heterocycles. The molecule has 0 bridgehead atoms. The van der Waals surface area contributed by atoms with E-state index in [1.54, 1.807) is 7.11 Å².